The summed E-state index contributed by atoms with van der Waals surface area (Å²) < 4.78 is 0. The molecule has 1 fully saturated rings. The fourth-order valence-electron chi connectivity index (χ4n) is 3.36. The number of amides is 2. The van der Waals surface area contributed by atoms with Gasteiger partial charge in [-0.25, -0.2) is 0 Å². The number of rotatable bonds is 6. The molecule has 0 saturated carbocycles. The van der Waals surface area contributed by atoms with Gasteiger partial charge in [-0.3, -0.25) is 14.5 Å². The van der Waals surface area contributed by atoms with Gasteiger partial charge >= 0.3 is 0 Å². The summed E-state index contributed by atoms with van der Waals surface area (Å²) in [6.45, 7) is 7.94. The van der Waals surface area contributed by atoms with Crippen molar-refractivity contribution in [2.24, 2.45) is 0 Å². The predicted octanol–water partition coefficient (Wildman–Crippen LogP) is 2.88. The van der Waals surface area contributed by atoms with Gasteiger partial charge in [0, 0.05) is 38.3 Å². The Hall–Kier alpha value is -2.66. The van der Waals surface area contributed by atoms with Gasteiger partial charge in [-0.15, -0.1) is 0 Å². The molecule has 2 aromatic carbocycles. The van der Waals surface area contributed by atoms with E-state index in [9.17, 15) is 9.59 Å². The number of hydrogen-bond acceptors (Lipinski definition) is 3. The zero-order valence-corrected chi connectivity index (χ0v) is 16.7. The summed E-state index contributed by atoms with van der Waals surface area (Å²) in [4.78, 5) is 28.9. The van der Waals surface area contributed by atoms with Crippen LogP contribution in [0.4, 0.5) is 0 Å². The molecule has 0 atom stereocenters. The molecule has 3 rings (SSSR count). The third-order valence-corrected chi connectivity index (χ3v) is 5.18. The second-order valence-electron chi connectivity index (χ2n) is 7.61. The third kappa shape index (κ3) is 5.42. The number of benzene rings is 2. The minimum absolute atomic E-state index is 0.0212. The Bertz CT molecular complexity index is 779. The molecule has 0 unspecified atom stereocenters. The van der Waals surface area contributed by atoms with Crippen LogP contribution in [0.1, 0.15) is 41.3 Å². The first kappa shape index (κ1) is 20.1. The monoisotopic (exact) mass is 379 g/mol. The average molecular weight is 380 g/mol. The number of carbonyl (C=O) groups excluding carboxylic acids is 2. The van der Waals surface area contributed by atoms with Crippen molar-refractivity contribution >= 4 is 11.8 Å². The van der Waals surface area contributed by atoms with E-state index in [1.54, 1.807) is 0 Å². The van der Waals surface area contributed by atoms with Crippen LogP contribution in [0, 0.1) is 0 Å². The maximum Gasteiger partial charge on any atom is 0.253 e. The lowest BCUT2D eigenvalue weighted by atomic mass is 10.0. The number of carbonyl (C=O) groups is 2. The molecule has 0 aliphatic carbocycles. The van der Waals surface area contributed by atoms with Crippen molar-refractivity contribution in [3.05, 3.63) is 71.3 Å². The summed E-state index contributed by atoms with van der Waals surface area (Å²) in [5.41, 5.74) is 3.07. The van der Waals surface area contributed by atoms with Crippen LogP contribution in [0.25, 0.3) is 0 Å². The molecular formula is C23H29N3O2. The van der Waals surface area contributed by atoms with Crippen LogP contribution in [-0.2, 0) is 11.3 Å². The zero-order valence-electron chi connectivity index (χ0n) is 16.7. The fourth-order valence-corrected chi connectivity index (χ4v) is 3.36. The summed E-state index contributed by atoms with van der Waals surface area (Å²) in [5.74, 6) is 0.553. The average Bonchev–Trinajstić information content (AvgIpc) is 2.73. The number of nitrogens with zero attached hydrogens (tertiary/aromatic N) is 2. The molecule has 0 aromatic heterocycles. The Kier molecular flexibility index (Phi) is 6.82. The number of nitrogens with one attached hydrogen (secondary N) is 1. The molecule has 1 saturated heterocycles. The van der Waals surface area contributed by atoms with Crippen LogP contribution in [-0.4, -0.2) is 54.3 Å². The first-order chi connectivity index (χ1) is 13.5. The topological polar surface area (TPSA) is 52.7 Å². The van der Waals surface area contributed by atoms with E-state index in [0.717, 1.165) is 11.1 Å². The van der Waals surface area contributed by atoms with E-state index < -0.39 is 0 Å². The van der Waals surface area contributed by atoms with Crippen molar-refractivity contribution in [3.8, 4) is 0 Å². The van der Waals surface area contributed by atoms with E-state index >= 15 is 0 Å². The molecule has 0 radical (unpaired) electrons. The first-order valence-corrected chi connectivity index (χ1v) is 9.95. The Labute approximate surface area is 167 Å². The molecule has 0 bridgehead atoms. The van der Waals surface area contributed by atoms with Crippen LogP contribution in [0.3, 0.4) is 0 Å². The maximum absolute atomic E-state index is 12.7. The molecule has 2 amide bonds. The molecule has 5 nitrogen and oxygen atoms in total. The normalized spacial score (nSPS) is 14.9. The van der Waals surface area contributed by atoms with E-state index in [1.165, 1.54) is 5.56 Å². The summed E-state index contributed by atoms with van der Waals surface area (Å²) in [6, 6.07) is 17.8. The Morgan fingerprint density at radius 2 is 1.57 bits per heavy atom. The molecule has 0 spiro atoms. The minimum Gasteiger partial charge on any atom is -0.351 e. The van der Waals surface area contributed by atoms with Crippen LogP contribution in [0.2, 0.25) is 0 Å². The van der Waals surface area contributed by atoms with Gasteiger partial charge in [0.1, 0.15) is 0 Å². The fraction of sp³-hybridized carbons (Fsp3) is 0.391. The Balaban J connectivity index is 1.43. The number of piperazine rings is 1. The van der Waals surface area contributed by atoms with Gasteiger partial charge in [0.25, 0.3) is 5.91 Å². The largest absolute Gasteiger partial charge is 0.351 e. The van der Waals surface area contributed by atoms with Gasteiger partial charge in [0.15, 0.2) is 0 Å². The van der Waals surface area contributed by atoms with Crippen molar-refractivity contribution < 1.29 is 9.59 Å². The van der Waals surface area contributed by atoms with Crippen LogP contribution in [0.15, 0.2) is 54.6 Å². The molecule has 1 aliphatic rings. The SMILES string of the molecule is CC(C)c1ccc(C(=O)N2CCN(CC(=O)NCc3ccccc3)CC2)cc1. The van der Waals surface area contributed by atoms with Crippen molar-refractivity contribution in [1.29, 1.82) is 0 Å². The van der Waals surface area contributed by atoms with Crippen LogP contribution < -0.4 is 5.32 Å². The zero-order chi connectivity index (χ0) is 19.9. The quantitative estimate of drug-likeness (QED) is 0.840. The van der Waals surface area contributed by atoms with Gasteiger partial charge in [-0.2, -0.15) is 0 Å². The summed E-state index contributed by atoms with van der Waals surface area (Å²) in [5, 5.41) is 2.96. The second-order valence-corrected chi connectivity index (χ2v) is 7.61. The molecule has 28 heavy (non-hydrogen) atoms. The van der Waals surface area contributed by atoms with Gasteiger partial charge < -0.3 is 10.2 Å². The summed E-state index contributed by atoms with van der Waals surface area (Å²) in [6.07, 6.45) is 0. The highest BCUT2D eigenvalue weighted by Crippen LogP contribution is 2.16. The highest BCUT2D eigenvalue weighted by Gasteiger charge is 2.23. The lowest BCUT2D eigenvalue weighted by molar-refractivity contribution is -0.122. The summed E-state index contributed by atoms with van der Waals surface area (Å²) in [7, 11) is 0. The predicted molar refractivity (Wildman–Crippen MR) is 111 cm³/mol. The van der Waals surface area contributed by atoms with E-state index in [0.29, 0.717) is 45.2 Å². The van der Waals surface area contributed by atoms with Gasteiger partial charge in [-0.1, -0.05) is 56.3 Å². The standard InChI is InChI=1S/C23H29N3O2/c1-18(2)20-8-10-21(11-9-20)23(28)26-14-12-25(13-15-26)17-22(27)24-16-19-6-4-3-5-7-19/h3-11,18H,12-17H2,1-2H3,(H,24,27). The highest BCUT2D eigenvalue weighted by molar-refractivity contribution is 5.94. The smallest absolute Gasteiger partial charge is 0.253 e. The molecule has 2 aromatic rings. The maximum atomic E-state index is 12.7. The molecule has 1 aliphatic heterocycles. The van der Waals surface area contributed by atoms with Crippen molar-refractivity contribution in [1.82, 2.24) is 15.1 Å². The van der Waals surface area contributed by atoms with E-state index in [-0.39, 0.29) is 11.8 Å². The Morgan fingerprint density at radius 3 is 2.18 bits per heavy atom. The third-order valence-electron chi connectivity index (χ3n) is 5.18. The molecule has 1 heterocycles. The molecule has 1 N–H and O–H groups in total. The van der Waals surface area contributed by atoms with Crippen LogP contribution >= 0.6 is 0 Å². The second kappa shape index (κ2) is 9.51. The first-order valence-electron chi connectivity index (χ1n) is 9.95. The molecule has 5 heteroatoms. The lowest BCUT2D eigenvalue weighted by Crippen LogP contribution is -2.51. The van der Waals surface area contributed by atoms with Gasteiger partial charge in [-0.05, 0) is 29.2 Å². The Morgan fingerprint density at radius 1 is 0.929 bits per heavy atom. The van der Waals surface area contributed by atoms with E-state index in [4.69, 9.17) is 0 Å². The van der Waals surface area contributed by atoms with Crippen molar-refractivity contribution in [2.45, 2.75) is 26.3 Å². The van der Waals surface area contributed by atoms with E-state index in [1.807, 2.05) is 59.5 Å². The van der Waals surface area contributed by atoms with Gasteiger partial charge in [0.2, 0.25) is 5.91 Å². The molecule has 148 valence electrons. The number of hydrogen-bond donors (Lipinski definition) is 1. The summed E-state index contributed by atoms with van der Waals surface area (Å²) >= 11 is 0. The highest BCUT2D eigenvalue weighted by atomic mass is 16.2. The van der Waals surface area contributed by atoms with Crippen LogP contribution in [0.5, 0.6) is 0 Å². The van der Waals surface area contributed by atoms with Crippen molar-refractivity contribution in [2.75, 3.05) is 32.7 Å². The lowest BCUT2D eigenvalue weighted by Gasteiger charge is -2.34. The van der Waals surface area contributed by atoms with E-state index in [2.05, 4.69) is 24.1 Å². The molecular weight excluding hydrogens is 350 g/mol. The van der Waals surface area contributed by atoms with Gasteiger partial charge in [0.05, 0.1) is 6.54 Å². The minimum atomic E-state index is 0.0212. The van der Waals surface area contributed by atoms with Crippen molar-refractivity contribution in [3.63, 3.8) is 0 Å².